The van der Waals surface area contributed by atoms with Gasteiger partial charge in [0.25, 0.3) is 0 Å². The Hall–Kier alpha value is -0.340. The maximum Gasteiger partial charge on any atom is 0.0624 e. The van der Waals surface area contributed by atoms with Gasteiger partial charge in [-0.15, -0.1) is 0 Å². The van der Waals surface area contributed by atoms with Crippen molar-refractivity contribution in [2.24, 2.45) is 40.9 Å². The third-order valence-electron chi connectivity index (χ3n) is 8.87. The van der Waals surface area contributed by atoms with Crippen molar-refractivity contribution in [1.82, 2.24) is 0 Å². The van der Waals surface area contributed by atoms with Crippen LogP contribution in [-0.4, -0.2) is 22.4 Å². The average molecular weight is 331 g/mol. The fraction of sp³-hybridized carbons (Fsp3) is 0.909. The second-order valence-corrected chi connectivity index (χ2v) is 10.2. The minimum absolute atomic E-state index is 0.0531. The summed E-state index contributed by atoms with van der Waals surface area (Å²) in [6.07, 6.45) is 14.6. The molecule has 4 fully saturated rings. The lowest BCUT2D eigenvalue weighted by Crippen LogP contribution is -2.47. The summed E-state index contributed by atoms with van der Waals surface area (Å²) in [6, 6.07) is 0. The number of allylic oxidation sites excluding steroid dienone is 1. The Morgan fingerprint density at radius 2 is 1.92 bits per heavy atom. The van der Waals surface area contributed by atoms with Crippen molar-refractivity contribution < 1.29 is 10.2 Å². The molecule has 0 radical (unpaired) electrons. The first-order valence-electron chi connectivity index (χ1n) is 10.6. The first-order chi connectivity index (χ1) is 11.6. The smallest absolute Gasteiger partial charge is 0.0624 e. The Morgan fingerprint density at radius 3 is 2.71 bits per heavy atom. The van der Waals surface area contributed by atoms with E-state index in [2.05, 4.69) is 13.0 Å². The van der Waals surface area contributed by atoms with Gasteiger partial charge in [0.15, 0.2) is 0 Å². The Bertz CT molecular complexity index is 536. The molecule has 0 heterocycles. The van der Waals surface area contributed by atoms with Crippen molar-refractivity contribution in [3.8, 4) is 0 Å². The highest BCUT2D eigenvalue weighted by Gasteiger charge is 2.58. The molecule has 8 atom stereocenters. The lowest BCUT2D eigenvalue weighted by molar-refractivity contribution is -0.0567. The normalized spacial score (nSPS) is 53.8. The summed E-state index contributed by atoms with van der Waals surface area (Å²) in [5.41, 5.74) is 1.76. The van der Waals surface area contributed by atoms with Crippen molar-refractivity contribution in [3.63, 3.8) is 0 Å². The van der Waals surface area contributed by atoms with Crippen LogP contribution in [0.3, 0.4) is 0 Å². The highest BCUT2D eigenvalue weighted by atomic mass is 16.3. The zero-order valence-corrected chi connectivity index (χ0v) is 15.2. The van der Waals surface area contributed by atoms with E-state index in [4.69, 9.17) is 0 Å². The van der Waals surface area contributed by atoms with E-state index in [1.807, 2.05) is 0 Å². The van der Waals surface area contributed by atoms with Crippen LogP contribution < -0.4 is 0 Å². The summed E-state index contributed by atoms with van der Waals surface area (Å²) < 4.78 is 0. The summed E-state index contributed by atoms with van der Waals surface area (Å²) in [6.45, 7) is 2.41. The molecule has 0 bridgehead atoms. The molecule has 2 heteroatoms. The SMILES string of the molecule is C[C@]12CC[C@@H]3C4CCC(O)CC4=CCC3C1CC(CC1CC1)C2O. The van der Waals surface area contributed by atoms with E-state index in [1.165, 1.54) is 51.4 Å². The van der Waals surface area contributed by atoms with Gasteiger partial charge in [-0.3, -0.25) is 0 Å². The van der Waals surface area contributed by atoms with Crippen LogP contribution in [0.4, 0.5) is 0 Å². The number of hydrogen-bond acceptors (Lipinski definition) is 2. The van der Waals surface area contributed by atoms with Crippen LogP contribution in [0.15, 0.2) is 11.6 Å². The lowest BCUT2D eigenvalue weighted by atomic mass is 9.53. The van der Waals surface area contributed by atoms with Crippen LogP contribution in [-0.2, 0) is 0 Å². The van der Waals surface area contributed by atoms with E-state index in [0.29, 0.717) is 5.92 Å². The molecule has 6 unspecified atom stereocenters. The third-order valence-corrected chi connectivity index (χ3v) is 8.87. The molecule has 134 valence electrons. The molecule has 0 spiro atoms. The first-order valence-corrected chi connectivity index (χ1v) is 10.6. The Balaban J connectivity index is 1.39. The Kier molecular flexibility index (Phi) is 3.69. The predicted octanol–water partition coefficient (Wildman–Crippen LogP) is 4.31. The van der Waals surface area contributed by atoms with Crippen molar-refractivity contribution in [3.05, 3.63) is 11.6 Å². The monoisotopic (exact) mass is 330 g/mol. The Labute approximate surface area is 146 Å². The molecule has 24 heavy (non-hydrogen) atoms. The molecule has 5 rings (SSSR count). The van der Waals surface area contributed by atoms with Crippen molar-refractivity contribution in [1.29, 1.82) is 0 Å². The first kappa shape index (κ1) is 15.9. The van der Waals surface area contributed by atoms with Gasteiger partial charge in [0.1, 0.15) is 0 Å². The van der Waals surface area contributed by atoms with Gasteiger partial charge in [-0.25, -0.2) is 0 Å². The van der Waals surface area contributed by atoms with Gasteiger partial charge in [0, 0.05) is 0 Å². The van der Waals surface area contributed by atoms with Gasteiger partial charge in [0.2, 0.25) is 0 Å². The van der Waals surface area contributed by atoms with Gasteiger partial charge in [-0.1, -0.05) is 31.4 Å². The Morgan fingerprint density at radius 1 is 1.08 bits per heavy atom. The maximum absolute atomic E-state index is 11.1. The molecular weight excluding hydrogens is 296 g/mol. The van der Waals surface area contributed by atoms with Gasteiger partial charge in [-0.05, 0) is 92.3 Å². The molecule has 5 aliphatic rings. The predicted molar refractivity (Wildman–Crippen MR) is 95.3 cm³/mol. The molecule has 0 aromatic carbocycles. The molecule has 0 amide bonds. The zero-order valence-electron chi connectivity index (χ0n) is 15.2. The minimum Gasteiger partial charge on any atom is -0.393 e. The summed E-state index contributed by atoms with van der Waals surface area (Å²) in [5, 5.41) is 21.1. The van der Waals surface area contributed by atoms with Gasteiger partial charge >= 0.3 is 0 Å². The second kappa shape index (κ2) is 5.58. The molecule has 4 saturated carbocycles. The largest absolute Gasteiger partial charge is 0.393 e. The molecule has 0 aromatic heterocycles. The summed E-state index contributed by atoms with van der Waals surface area (Å²) >= 11 is 0. The van der Waals surface area contributed by atoms with Crippen LogP contribution in [0.1, 0.15) is 71.1 Å². The minimum atomic E-state index is -0.0888. The molecular formula is C22H34O2. The number of aliphatic hydroxyl groups excluding tert-OH is 2. The second-order valence-electron chi connectivity index (χ2n) is 10.2. The van der Waals surface area contributed by atoms with E-state index in [-0.39, 0.29) is 17.6 Å². The summed E-state index contributed by atoms with van der Waals surface area (Å²) in [4.78, 5) is 0. The molecule has 0 saturated heterocycles. The highest BCUT2D eigenvalue weighted by Crippen LogP contribution is 2.63. The molecule has 5 aliphatic carbocycles. The quantitative estimate of drug-likeness (QED) is 0.741. The maximum atomic E-state index is 11.1. The van der Waals surface area contributed by atoms with Crippen LogP contribution in [0.25, 0.3) is 0 Å². The number of hydrogen-bond donors (Lipinski definition) is 2. The van der Waals surface area contributed by atoms with Gasteiger partial charge < -0.3 is 10.2 Å². The van der Waals surface area contributed by atoms with Crippen molar-refractivity contribution >= 4 is 0 Å². The van der Waals surface area contributed by atoms with Gasteiger partial charge in [-0.2, -0.15) is 0 Å². The number of fused-ring (bicyclic) bond motifs is 5. The topological polar surface area (TPSA) is 40.5 Å². The van der Waals surface area contributed by atoms with Crippen LogP contribution in [0.2, 0.25) is 0 Å². The van der Waals surface area contributed by atoms with Crippen molar-refractivity contribution in [2.75, 3.05) is 0 Å². The summed E-state index contributed by atoms with van der Waals surface area (Å²) in [5.74, 6) is 4.62. The molecule has 2 nitrogen and oxygen atoms in total. The van der Waals surface area contributed by atoms with Crippen LogP contribution in [0, 0.1) is 40.9 Å². The lowest BCUT2D eigenvalue weighted by Gasteiger charge is -2.53. The van der Waals surface area contributed by atoms with Crippen molar-refractivity contribution in [2.45, 2.75) is 83.3 Å². The van der Waals surface area contributed by atoms with Crippen LogP contribution >= 0.6 is 0 Å². The zero-order chi connectivity index (χ0) is 16.5. The van der Waals surface area contributed by atoms with E-state index < -0.39 is 0 Å². The summed E-state index contributed by atoms with van der Waals surface area (Å²) in [7, 11) is 0. The fourth-order valence-corrected chi connectivity index (χ4v) is 7.41. The highest BCUT2D eigenvalue weighted by molar-refractivity contribution is 5.20. The number of rotatable bonds is 2. The van der Waals surface area contributed by atoms with Crippen LogP contribution in [0.5, 0.6) is 0 Å². The average Bonchev–Trinajstić information content (AvgIpc) is 3.34. The van der Waals surface area contributed by atoms with E-state index in [0.717, 1.165) is 42.4 Å². The van der Waals surface area contributed by atoms with E-state index >= 15 is 0 Å². The van der Waals surface area contributed by atoms with E-state index in [1.54, 1.807) is 5.57 Å². The molecule has 2 N–H and O–H groups in total. The van der Waals surface area contributed by atoms with E-state index in [9.17, 15) is 10.2 Å². The molecule has 0 aliphatic heterocycles. The standard InChI is InChI=1S/C22H34O2/c1-22-9-8-18-17-7-5-16(23)11-14(17)4-6-19(18)20(22)12-15(21(22)24)10-13-2-3-13/h4,13,15-21,23-24H,2-3,5-12H2,1H3/t15?,16?,17?,18-,19?,20?,21?,22+/m1/s1. The molecule has 0 aromatic rings. The fourth-order valence-electron chi connectivity index (χ4n) is 7.41. The van der Waals surface area contributed by atoms with Gasteiger partial charge in [0.05, 0.1) is 12.2 Å². The number of aliphatic hydroxyl groups is 2. The third kappa shape index (κ3) is 2.35.